The van der Waals surface area contributed by atoms with Gasteiger partial charge in [0.1, 0.15) is 12.1 Å². The average molecular weight is 384 g/mol. The highest BCUT2D eigenvalue weighted by Crippen LogP contribution is 2.30. The summed E-state index contributed by atoms with van der Waals surface area (Å²) in [4.78, 5) is 12.4. The van der Waals surface area contributed by atoms with Crippen LogP contribution in [0.4, 0.5) is 13.2 Å². The highest BCUT2D eigenvalue weighted by atomic mass is 19.4. The molecule has 2 aromatic rings. The fraction of sp³-hybridized carbons (Fsp3) is 0.278. The van der Waals surface area contributed by atoms with Crippen molar-refractivity contribution >= 4 is 5.97 Å². The molecule has 0 aliphatic rings. The number of phenolic OH excluding ortho intramolecular Hbond substituents is 2. The minimum atomic E-state index is -4.49. The van der Waals surface area contributed by atoms with Gasteiger partial charge in [0.25, 0.3) is 0 Å². The maximum absolute atomic E-state index is 12.7. The number of ether oxygens (including phenoxy) is 1. The summed E-state index contributed by atoms with van der Waals surface area (Å²) in [7, 11) is 0. The fourth-order valence-electron chi connectivity index (χ4n) is 2.41. The van der Waals surface area contributed by atoms with Crippen LogP contribution in [-0.4, -0.2) is 21.7 Å². The quantitative estimate of drug-likeness (QED) is 0.264. The zero-order valence-electron chi connectivity index (χ0n) is 14.4. The van der Waals surface area contributed by atoms with Gasteiger partial charge in [0.05, 0.1) is 5.56 Å². The van der Waals surface area contributed by atoms with Crippen molar-refractivity contribution in [2.45, 2.75) is 31.7 Å². The lowest BCUT2D eigenvalue weighted by Gasteiger charge is -2.26. The number of benzene rings is 2. The van der Waals surface area contributed by atoms with E-state index in [-0.39, 0.29) is 30.1 Å². The molecule has 0 aromatic heterocycles. The Kier molecular flexibility index (Phi) is 5.97. The standard InChI is InChI=1S/C18H19F3N2O4/c1-17(23-22,9-11-5-6-14(24)15(25)8-11)16(26)27-10-12-3-2-4-13(7-12)18(19,20)21/h2-8,23-25H,9-10,22H2,1H3. The van der Waals surface area contributed by atoms with Crippen molar-refractivity contribution in [2.75, 3.05) is 0 Å². The molecule has 146 valence electrons. The molecule has 0 saturated heterocycles. The Hall–Kier alpha value is -2.78. The average Bonchev–Trinajstić information content (AvgIpc) is 2.62. The number of aromatic hydroxyl groups is 2. The van der Waals surface area contributed by atoms with E-state index < -0.39 is 23.2 Å². The molecule has 0 heterocycles. The molecule has 1 unspecified atom stereocenters. The summed E-state index contributed by atoms with van der Waals surface area (Å²) >= 11 is 0. The first-order valence-electron chi connectivity index (χ1n) is 7.87. The number of nitrogens with one attached hydrogen (secondary N) is 1. The van der Waals surface area contributed by atoms with Gasteiger partial charge in [-0.2, -0.15) is 13.2 Å². The smallest absolute Gasteiger partial charge is 0.416 e. The van der Waals surface area contributed by atoms with Crippen LogP contribution in [0.2, 0.25) is 0 Å². The van der Waals surface area contributed by atoms with E-state index in [1.54, 1.807) is 0 Å². The summed E-state index contributed by atoms with van der Waals surface area (Å²) in [6, 6.07) is 8.48. The lowest BCUT2D eigenvalue weighted by Crippen LogP contribution is -2.55. The third-order valence-electron chi connectivity index (χ3n) is 3.99. The number of phenols is 2. The molecule has 0 bridgehead atoms. The van der Waals surface area contributed by atoms with Crippen LogP contribution in [0.15, 0.2) is 42.5 Å². The lowest BCUT2D eigenvalue weighted by molar-refractivity contribution is -0.152. The van der Waals surface area contributed by atoms with Gasteiger partial charge >= 0.3 is 12.1 Å². The van der Waals surface area contributed by atoms with E-state index in [4.69, 9.17) is 10.6 Å². The van der Waals surface area contributed by atoms with E-state index in [2.05, 4.69) is 5.43 Å². The molecule has 0 fully saturated rings. The van der Waals surface area contributed by atoms with E-state index >= 15 is 0 Å². The predicted molar refractivity (Wildman–Crippen MR) is 90.4 cm³/mol. The maximum Gasteiger partial charge on any atom is 0.416 e. The number of hydrogen-bond acceptors (Lipinski definition) is 6. The Morgan fingerprint density at radius 3 is 2.41 bits per heavy atom. The molecule has 2 aromatic carbocycles. The van der Waals surface area contributed by atoms with Gasteiger partial charge in [-0.1, -0.05) is 18.2 Å². The van der Waals surface area contributed by atoms with Crippen molar-refractivity contribution in [3.05, 3.63) is 59.2 Å². The Bertz CT molecular complexity index is 826. The highest BCUT2D eigenvalue weighted by Gasteiger charge is 2.35. The van der Waals surface area contributed by atoms with Crippen molar-refractivity contribution in [1.29, 1.82) is 0 Å². The Morgan fingerprint density at radius 2 is 1.81 bits per heavy atom. The molecule has 5 N–H and O–H groups in total. The van der Waals surface area contributed by atoms with Crippen LogP contribution in [0, 0.1) is 0 Å². The van der Waals surface area contributed by atoms with Gasteiger partial charge in [0.15, 0.2) is 11.5 Å². The molecule has 6 nitrogen and oxygen atoms in total. The molecular formula is C18H19F3N2O4. The summed E-state index contributed by atoms with van der Waals surface area (Å²) in [5.41, 5.74) is 0.767. The number of carbonyl (C=O) groups excluding carboxylic acids is 1. The molecule has 0 radical (unpaired) electrons. The van der Waals surface area contributed by atoms with Crippen LogP contribution in [-0.2, 0) is 28.7 Å². The molecule has 0 aliphatic carbocycles. The number of rotatable bonds is 6. The molecule has 0 amide bonds. The molecule has 27 heavy (non-hydrogen) atoms. The van der Waals surface area contributed by atoms with E-state index in [9.17, 15) is 28.2 Å². The van der Waals surface area contributed by atoms with Crippen LogP contribution < -0.4 is 11.3 Å². The fourth-order valence-corrected chi connectivity index (χ4v) is 2.41. The second kappa shape index (κ2) is 7.85. The van der Waals surface area contributed by atoms with Crippen LogP contribution in [0.1, 0.15) is 23.6 Å². The minimum Gasteiger partial charge on any atom is -0.504 e. The largest absolute Gasteiger partial charge is 0.504 e. The van der Waals surface area contributed by atoms with Gasteiger partial charge in [0.2, 0.25) is 0 Å². The van der Waals surface area contributed by atoms with Gasteiger partial charge in [0, 0.05) is 6.42 Å². The minimum absolute atomic E-state index is 0.0127. The number of halogens is 3. The monoisotopic (exact) mass is 384 g/mol. The van der Waals surface area contributed by atoms with Crippen molar-refractivity contribution in [2.24, 2.45) is 5.84 Å². The summed E-state index contributed by atoms with van der Waals surface area (Å²) in [6.45, 7) is 1.09. The van der Waals surface area contributed by atoms with Crippen LogP contribution >= 0.6 is 0 Å². The molecule has 2 rings (SSSR count). The predicted octanol–water partition coefficient (Wildman–Crippen LogP) is 2.62. The lowest BCUT2D eigenvalue weighted by atomic mass is 9.93. The van der Waals surface area contributed by atoms with Gasteiger partial charge in [-0.3, -0.25) is 5.84 Å². The first-order valence-corrected chi connectivity index (χ1v) is 7.87. The molecule has 1 atom stereocenters. The van der Waals surface area contributed by atoms with Gasteiger partial charge < -0.3 is 14.9 Å². The molecule has 0 saturated carbocycles. The summed E-state index contributed by atoms with van der Waals surface area (Å²) in [6.07, 6.45) is -4.48. The number of nitrogens with two attached hydrogens (primary N) is 1. The third kappa shape index (κ3) is 5.11. The van der Waals surface area contributed by atoms with E-state index in [0.717, 1.165) is 12.1 Å². The van der Waals surface area contributed by atoms with Crippen LogP contribution in [0.5, 0.6) is 11.5 Å². The number of hydrogen-bond donors (Lipinski definition) is 4. The van der Waals surface area contributed by atoms with Crippen LogP contribution in [0.25, 0.3) is 0 Å². The van der Waals surface area contributed by atoms with E-state index in [1.807, 2.05) is 0 Å². The van der Waals surface area contributed by atoms with Crippen molar-refractivity contribution < 1.29 is 32.9 Å². The zero-order valence-corrected chi connectivity index (χ0v) is 14.4. The molecule has 0 aliphatic heterocycles. The molecular weight excluding hydrogens is 365 g/mol. The van der Waals surface area contributed by atoms with Crippen LogP contribution in [0.3, 0.4) is 0 Å². The first-order chi connectivity index (χ1) is 12.5. The normalized spacial score (nSPS) is 13.8. The molecule has 0 spiro atoms. The number of alkyl halides is 3. The third-order valence-corrected chi connectivity index (χ3v) is 3.99. The SMILES string of the molecule is CC(Cc1ccc(O)c(O)c1)(NN)C(=O)OCc1cccc(C(F)(F)F)c1. The first kappa shape index (κ1) is 20.5. The number of hydrazine groups is 1. The van der Waals surface area contributed by atoms with Crippen molar-refractivity contribution in [1.82, 2.24) is 5.43 Å². The molecule has 9 heteroatoms. The Morgan fingerprint density at radius 1 is 1.11 bits per heavy atom. The zero-order chi connectivity index (χ0) is 20.2. The van der Waals surface area contributed by atoms with Gasteiger partial charge in [-0.25, -0.2) is 10.2 Å². The number of esters is 1. The topological polar surface area (TPSA) is 105 Å². The second-order valence-electron chi connectivity index (χ2n) is 6.25. The van der Waals surface area contributed by atoms with Gasteiger partial charge in [-0.05, 0) is 42.3 Å². The summed E-state index contributed by atoms with van der Waals surface area (Å²) in [5.74, 6) is 4.01. The Labute approximate surface area is 153 Å². The van der Waals surface area contributed by atoms with E-state index in [1.165, 1.54) is 37.3 Å². The van der Waals surface area contributed by atoms with E-state index in [0.29, 0.717) is 5.56 Å². The van der Waals surface area contributed by atoms with Crippen molar-refractivity contribution in [3.8, 4) is 11.5 Å². The van der Waals surface area contributed by atoms with Crippen molar-refractivity contribution in [3.63, 3.8) is 0 Å². The highest BCUT2D eigenvalue weighted by molar-refractivity contribution is 5.80. The second-order valence-corrected chi connectivity index (χ2v) is 6.25. The maximum atomic E-state index is 12.7. The Balaban J connectivity index is 2.09. The summed E-state index contributed by atoms with van der Waals surface area (Å²) < 4.78 is 43.3. The number of carbonyl (C=O) groups is 1. The summed E-state index contributed by atoms with van der Waals surface area (Å²) in [5, 5.41) is 18.9. The van der Waals surface area contributed by atoms with Gasteiger partial charge in [-0.15, -0.1) is 0 Å².